The minimum atomic E-state index is -1.83. The van der Waals surface area contributed by atoms with Gasteiger partial charge in [-0.2, -0.15) is 0 Å². The summed E-state index contributed by atoms with van der Waals surface area (Å²) in [5, 5.41) is 0. The summed E-state index contributed by atoms with van der Waals surface area (Å²) in [5.41, 5.74) is 0. The van der Waals surface area contributed by atoms with Crippen molar-refractivity contribution in [1.82, 2.24) is 14.0 Å². The van der Waals surface area contributed by atoms with Gasteiger partial charge in [0, 0.05) is 39.3 Å². The Kier molecular flexibility index (Phi) is 8.96. The van der Waals surface area contributed by atoms with Gasteiger partial charge in [0.2, 0.25) is 0 Å². The molecule has 0 N–H and O–H groups in total. The normalized spacial score (nSPS) is 13.1. The fourth-order valence-corrected chi connectivity index (χ4v) is 7.44. The van der Waals surface area contributed by atoms with E-state index in [2.05, 4.69) is 55.6 Å². The summed E-state index contributed by atoms with van der Waals surface area (Å²) < 4.78 is 7.32. The number of nitrogens with zero attached hydrogens (tertiary/aromatic N) is 3. The van der Waals surface area contributed by atoms with Crippen LogP contribution in [-0.4, -0.2) is 53.3 Å². The van der Waals surface area contributed by atoms with Gasteiger partial charge in [-0.1, -0.05) is 0 Å². The first-order valence-corrected chi connectivity index (χ1v) is 9.46. The van der Waals surface area contributed by atoms with E-state index < -0.39 is 7.07 Å². The quantitative estimate of drug-likeness (QED) is 0.593. The molecule has 0 aliphatic carbocycles. The van der Waals surface area contributed by atoms with Crippen LogP contribution in [0.15, 0.2) is 0 Å². The van der Waals surface area contributed by atoms with E-state index in [1.54, 1.807) is 0 Å². The highest BCUT2D eigenvalue weighted by Gasteiger charge is 2.53. The van der Waals surface area contributed by atoms with E-state index in [1.165, 1.54) is 0 Å². The number of halogens is 1. The van der Waals surface area contributed by atoms with Crippen molar-refractivity contribution in [2.45, 2.75) is 41.5 Å². The van der Waals surface area contributed by atoms with Crippen LogP contribution in [0.3, 0.4) is 0 Å². The highest BCUT2D eigenvalue weighted by molar-refractivity contribution is 7.93. The van der Waals surface area contributed by atoms with Gasteiger partial charge in [-0.05, 0) is 41.5 Å². The maximum atomic E-state index is 7.13. The van der Waals surface area contributed by atoms with Crippen molar-refractivity contribution in [3.05, 3.63) is 0 Å². The Morgan fingerprint density at radius 1 is 0.588 bits per heavy atom. The van der Waals surface area contributed by atoms with Crippen LogP contribution in [0, 0.1) is 0 Å². The molecule has 0 amide bonds. The predicted molar refractivity (Wildman–Crippen MR) is 81.5 cm³/mol. The molecule has 17 heavy (non-hydrogen) atoms. The minimum absolute atomic E-state index is 1.01. The van der Waals surface area contributed by atoms with E-state index in [0.29, 0.717) is 0 Å². The van der Waals surface area contributed by atoms with Gasteiger partial charge >= 0.3 is 7.07 Å². The van der Waals surface area contributed by atoms with Gasteiger partial charge in [-0.15, -0.1) is 14.0 Å². The van der Waals surface area contributed by atoms with Crippen molar-refractivity contribution < 1.29 is 0 Å². The minimum Gasteiger partial charge on any atom is -0.134 e. The lowest BCUT2D eigenvalue weighted by Gasteiger charge is -2.40. The van der Waals surface area contributed by atoms with Crippen LogP contribution in [-0.2, 0) is 0 Å². The van der Waals surface area contributed by atoms with Crippen LogP contribution in [0.25, 0.3) is 0 Å². The molecule has 0 spiro atoms. The molecule has 104 valence electrons. The summed E-state index contributed by atoms with van der Waals surface area (Å²) in [5.74, 6) is 0. The fraction of sp³-hybridized carbons (Fsp3) is 1.00. The maximum absolute atomic E-state index is 7.13. The second kappa shape index (κ2) is 8.66. The zero-order valence-corrected chi connectivity index (χ0v) is 14.1. The summed E-state index contributed by atoms with van der Waals surface area (Å²) >= 11 is 7.13. The molecule has 0 aliphatic heterocycles. The third-order valence-electron chi connectivity index (χ3n) is 3.27. The maximum Gasteiger partial charge on any atom is 0.331 e. The summed E-state index contributed by atoms with van der Waals surface area (Å²) in [6.07, 6.45) is 0. The van der Waals surface area contributed by atoms with Gasteiger partial charge in [0.15, 0.2) is 11.2 Å². The van der Waals surface area contributed by atoms with Crippen molar-refractivity contribution in [3.63, 3.8) is 0 Å². The predicted octanol–water partition coefficient (Wildman–Crippen LogP) is 3.93. The van der Waals surface area contributed by atoms with Gasteiger partial charge in [0.1, 0.15) is 0 Å². The van der Waals surface area contributed by atoms with Crippen LogP contribution in [0.4, 0.5) is 0 Å². The molecule has 0 saturated carbocycles. The monoisotopic (exact) mass is 282 g/mol. The lowest BCUT2D eigenvalue weighted by atomic mass is 10.7. The largest absolute Gasteiger partial charge is 0.331 e. The second-order valence-electron chi connectivity index (χ2n) is 3.91. The topological polar surface area (TPSA) is 9.72 Å². The van der Waals surface area contributed by atoms with Gasteiger partial charge < -0.3 is 0 Å². The molecule has 0 heterocycles. The summed E-state index contributed by atoms with van der Waals surface area (Å²) in [6, 6.07) is 0. The molecule has 0 rings (SSSR count). The van der Waals surface area contributed by atoms with Gasteiger partial charge in [0.25, 0.3) is 0 Å². The molecule has 0 unspecified atom stereocenters. The molecular weight excluding hydrogens is 253 g/mol. The number of hydrogen-bond acceptors (Lipinski definition) is 3. The standard InChI is InChI=1S/C12H30ClN3P/c1-7-14(8-2)17(13,15(9-3)10-4)16(11-5)12-6/h7-12H2,1-6H3/q+1. The van der Waals surface area contributed by atoms with E-state index >= 15 is 0 Å². The van der Waals surface area contributed by atoms with Gasteiger partial charge in [-0.25, -0.2) is 0 Å². The molecule has 0 atom stereocenters. The van der Waals surface area contributed by atoms with E-state index in [-0.39, 0.29) is 0 Å². The third kappa shape index (κ3) is 3.78. The van der Waals surface area contributed by atoms with Crippen molar-refractivity contribution in [2.24, 2.45) is 0 Å². The van der Waals surface area contributed by atoms with Crippen LogP contribution in [0.1, 0.15) is 41.5 Å². The van der Waals surface area contributed by atoms with Crippen molar-refractivity contribution in [1.29, 1.82) is 0 Å². The molecule has 0 aromatic carbocycles. The third-order valence-corrected chi connectivity index (χ3v) is 9.05. The number of rotatable bonds is 9. The smallest absolute Gasteiger partial charge is 0.134 e. The highest BCUT2D eigenvalue weighted by Crippen LogP contribution is 2.71. The molecule has 0 bridgehead atoms. The zero-order valence-electron chi connectivity index (χ0n) is 12.4. The Labute approximate surface area is 113 Å². The SMILES string of the molecule is CCN(CC)[P+](Cl)(N(CC)CC)N(CC)CC. The molecule has 3 nitrogen and oxygen atoms in total. The Bertz CT molecular complexity index is 161. The molecule has 0 aromatic rings. The van der Waals surface area contributed by atoms with E-state index in [9.17, 15) is 0 Å². The summed E-state index contributed by atoms with van der Waals surface area (Å²) in [6.45, 7) is 19.3. The lowest BCUT2D eigenvalue weighted by Crippen LogP contribution is -2.42. The molecule has 0 aromatic heterocycles. The Morgan fingerprint density at radius 3 is 0.882 bits per heavy atom. The summed E-state index contributed by atoms with van der Waals surface area (Å²) in [4.78, 5) is 0. The second-order valence-corrected chi connectivity index (χ2v) is 7.96. The Morgan fingerprint density at radius 2 is 0.765 bits per heavy atom. The van der Waals surface area contributed by atoms with Crippen LogP contribution in [0.5, 0.6) is 0 Å². The molecule has 5 heteroatoms. The van der Waals surface area contributed by atoms with Crippen LogP contribution in [0.2, 0.25) is 0 Å². The average molecular weight is 283 g/mol. The van der Waals surface area contributed by atoms with E-state index in [4.69, 9.17) is 11.2 Å². The van der Waals surface area contributed by atoms with Crippen molar-refractivity contribution in [2.75, 3.05) is 39.3 Å². The number of hydrogen-bond donors (Lipinski definition) is 0. The van der Waals surface area contributed by atoms with Crippen LogP contribution < -0.4 is 0 Å². The van der Waals surface area contributed by atoms with Crippen molar-refractivity contribution in [3.8, 4) is 0 Å². The fourth-order valence-electron chi connectivity index (χ4n) is 2.29. The lowest BCUT2D eigenvalue weighted by molar-refractivity contribution is 0.344. The molecule has 0 radical (unpaired) electrons. The van der Waals surface area contributed by atoms with E-state index in [0.717, 1.165) is 39.3 Å². The van der Waals surface area contributed by atoms with Gasteiger partial charge in [-0.3, -0.25) is 0 Å². The van der Waals surface area contributed by atoms with Crippen LogP contribution >= 0.6 is 18.3 Å². The molecule has 0 aliphatic rings. The highest BCUT2D eigenvalue weighted by atomic mass is 35.7. The van der Waals surface area contributed by atoms with Crippen molar-refractivity contribution >= 4 is 18.3 Å². The average Bonchev–Trinajstić information content (AvgIpc) is 2.33. The van der Waals surface area contributed by atoms with E-state index in [1.807, 2.05) is 0 Å². The molecule has 0 saturated heterocycles. The first-order valence-electron chi connectivity index (χ1n) is 6.91. The summed E-state index contributed by atoms with van der Waals surface area (Å²) in [7, 11) is -1.83. The molecular formula is C12H30ClN3P+. The Balaban J connectivity index is 5.29. The first kappa shape index (κ1) is 17.6. The zero-order chi connectivity index (χ0) is 13.5. The Hall–Kier alpha value is 0.600. The first-order chi connectivity index (χ1) is 8.06. The van der Waals surface area contributed by atoms with Gasteiger partial charge in [0.05, 0.1) is 0 Å². The molecule has 0 fully saturated rings.